The average molecular weight is 376 g/mol. The van der Waals surface area contributed by atoms with E-state index in [0.717, 1.165) is 19.3 Å². The molecular formula is C19H45NO2Si2. The highest BCUT2D eigenvalue weighted by molar-refractivity contribution is 6.77. The molecule has 0 atom stereocenters. The Kier molecular flexibility index (Phi) is 11.3. The maximum Gasteiger partial charge on any atom is 0.334 e. The van der Waals surface area contributed by atoms with Crippen molar-refractivity contribution < 1.29 is 8.85 Å². The van der Waals surface area contributed by atoms with Crippen molar-refractivity contribution in [2.45, 2.75) is 97.9 Å². The van der Waals surface area contributed by atoms with Crippen molar-refractivity contribution in [3.05, 3.63) is 0 Å². The molecule has 0 rings (SSSR count). The summed E-state index contributed by atoms with van der Waals surface area (Å²) in [5, 5.41) is 0.417. The number of rotatable bonds is 13. The zero-order chi connectivity index (χ0) is 18.9. The minimum absolute atomic E-state index is 0.417. The first kappa shape index (κ1) is 24.3. The summed E-state index contributed by atoms with van der Waals surface area (Å²) in [5.41, 5.74) is 0. The summed E-state index contributed by atoms with van der Waals surface area (Å²) < 4.78 is 14.8. The van der Waals surface area contributed by atoms with Gasteiger partial charge in [-0.3, -0.25) is 0 Å². The average Bonchev–Trinajstić information content (AvgIpc) is 2.45. The van der Waals surface area contributed by atoms with Crippen molar-refractivity contribution in [1.29, 1.82) is 0 Å². The lowest BCUT2D eigenvalue weighted by Gasteiger charge is -2.46. The topological polar surface area (TPSA) is 21.7 Å². The fourth-order valence-electron chi connectivity index (χ4n) is 3.04. The fourth-order valence-corrected chi connectivity index (χ4v) is 7.91. The Morgan fingerprint density at radius 1 is 0.792 bits per heavy atom. The zero-order valence-corrected chi connectivity index (χ0v) is 20.1. The first-order valence-corrected chi connectivity index (χ1v) is 15.5. The third-order valence-electron chi connectivity index (χ3n) is 5.62. The second-order valence-corrected chi connectivity index (χ2v) is 17.2. The lowest BCUT2D eigenvalue weighted by molar-refractivity contribution is 0.188. The number of unbranched alkanes of at least 4 members (excludes halogenated alkanes) is 2. The van der Waals surface area contributed by atoms with Gasteiger partial charge >= 0.3 is 8.56 Å². The van der Waals surface area contributed by atoms with Gasteiger partial charge in [0.25, 0.3) is 0 Å². The Morgan fingerprint density at radius 3 is 1.71 bits per heavy atom. The van der Waals surface area contributed by atoms with Crippen molar-refractivity contribution in [3.63, 3.8) is 0 Å². The molecule has 24 heavy (non-hydrogen) atoms. The van der Waals surface area contributed by atoms with E-state index in [1.165, 1.54) is 38.8 Å². The lowest BCUT2D eigenvalue weighted by atomic mass is 10.2. The second-order valence-electron chi connectivity index (χ2n) is 8.61. The third kappa shape index (κ3) is 8.13. The molecule has 0 bridgehead atoms. The summed E-state index contributed by atoms with van der Waals surface area (Å²) in [5.74, 6) is 0. The molecule has 0 aromatic rings. The Bertz CT molecular complexity index is 324. The van der Waals surface area contributed by atoms with Crippen LogP contribution in [0.4, 0.5) is 0 Å². The monoisotopic (exact) mass is 375 g/mol. The third-order valence-corrected chi connectivity index (χ3v) is 14.4. The number of nitrogens with zero attached hydrogens (tertiary/aromatic N) is 1. The SMILES string of the molecule is CCCCN(CCCC[Si](C)(OCC)OCC)[Si](C)(C)C(C)(C)C. The van der Waals surface area contributed by atoms with Gasteiger partial charge in [-0.2, -0.15) is 0 Å². The molecule has 0 aliphatic rings. The van der Waals surface area contributed by atoms with Gasteiger partial charge in [-0.1, -0.05) is 53.6 Å². The normalized spacial score (nSPS) is 13.8. The van der Waals surface area contributed by atoms with Gasteiger partial charge in [-0.15, -0.1) is 0 Å². The zero-order valence-electron chi connectivity index (χ0n) is 18.1. The van der Waals surface area contributed by atoms with Crippen molar-refractivity contribution in [2.24, 2.45) is 0 Å². The van der Waals surface area contributed by atoms with E-state index in [2.05, 4.69) is 65.7 Å². The first-order valence-electron chi connectivity index (χ1n) is 10.1. The highest BCUT2D eigenvalue weighted by atomic mass is 28.4. The maximum absolute atomic E-state index is 5.98. The van der Waals surface area contributed by atoms with Crippen LogP contribution in [0.2, 0.25) is 30.7 Å². The Hall–Kier alpha value is 0.314. The van der Waals surface area contributed by atoms with Crippen molar-refractivity contribution in [3.8, 4) is 0 Å². The summed E-state index contributed by atoms with van der Waals surface area (Å²) in [6.07, 6.45) is 5.08. The molecule has 0 aromatic heterocycles. The number of hydrogen-bond acceptors (Lipinski definition) is 3. The maximum atomic E-state index is 5.98. The molecule has 5 heteroatoms. The molecule has 0 aromatic carbocycles. The molecule has 3 nitrogen and oxygen atoms in total. The quantitative estimate of drug-likeness (QED) is 0.290. The van der Waals surface area contributed by atoms with Gasteiger partial charge in [0, 0.05) is 13.2 Å². The molecule has 0 spiro atoms. The fraction of sp³-hybridized carbons (Fsp3) is 1.00. The van der Waals surface area contributed by atoms with Crippen LogP contribution in [0.3, 0.4) is 0 Å². The van der Waals surface area contributed by atoms with Gasteiger partial charge in [-0.25, -0.2) is 0 Å². The van der Waals surface area contributed by atoms with Crippen LogP contribution in [0.5, 0.6) is 0 Å². The van der Waals surface area contributed by atoms with E-state index in [9.17, 15) is 0 Å². The van der Waals surface area contributed by atoms with Crippen LogP contribution in [0, 0.1) is 0 Å². The van der Waals surface area contributed by atoms with Crippen LogP contribution in [0.1, 0.15) is 67.2 Å². The second kappa shape index (κ2) is 11.1. The van der Waals surface area contributed by atoms with E-state index in [0.29, 0.717) is 5.04 Å². The molecule has 0 N–H and O–H groups in total. The molecule has 146 valence electrons. The molecule has 0 aliphatic carbocycles. The largest absolute Gasteiger partial charge is 0.395 e. The van der Waals surface area contributed by atoms with Crippen LogP contribution in [-0.4, -0.2) is 47.7 Å². The Balaban J connectivity index is 4.62. The molecule has 0 fully saturated rings. The predicted octanol–water partition coefficient (Wildman–Crippen LogP) is 6.02. The van der Waals surface area contributed by atoms with Crippen molar-refractivity contribution in [2.75, 3.05) is 26.3 Å². The number of hydrogen-bond donors (Lipinski definition) is 0. The summed E-state index contributed by atoms with van der Waals surface area (Å²) in [6.45, 7) is 25.1. The first-order chi connectivity index (χ1) is 11.0. The van der Waals surface area contributed by atoms with E-state index < -0.39 is 16.8 Å². The summed E-state index contributed by atoms with van der Waals surface area (Å²) in [7, 11) is -3.35. The van der Waals surface area contributed by atoms with E-state index in [1.807, 2.05) is 0 Å². The van der Waals surface area contributed by atoms with Crippen LogP contribution >= 0.6 is 0 Å². The van der Waals surface area contributed by atoms with E-state index in [4.69, 9.17) is 8.85 Å². The summed E-state index contributed by atoms with van der Waals surface area (Å²) in [4.78, 5) is 0. The van der Waals surface area contributed by atoms with Crippen molar-refractivity contribution >= 4 is 16.8 Å². The van der Waals surface area contributed by atoms with Crippen LogP contribution in [0.15, 0.2) is 0 Å². The molecule has 0 saturated carbocycles. The molecule has 0 radical (unpaired) electrons. The minimum Gasteiger partial charge on any atom is -0.395 e. The standard InChI is InChI=1S/C19H45NO2Si2/c1-10-13-16-20(23(7,8)19(4,5)6)17-14-15-18-24(9,21-11-2)22-12-3/h10-18H2,1-9H3. The van der Waals surface area contributed by atoms with Gasteiger partial charge in [0.05, 0.1) is 0 Å². The molecule has 0 heterocycles. The molecule has 0 amide bonds. The summed E-state index contributed by atoms with van der Waals surface area (Å²) >= 11 is 0. The molecule has 0 unspecified atom stereocenters. The van der Waals surface area contributed by atoms with E-state index >= 15 is 0 Å². The Morgan fingerprint density at radius 2 is 1.29 bits per heavy atom. The predicted molar refractivity (Wildman–Crippen MR) is 113 cm³/mol. The lowest BCUT2D eigenvalue weighted by Crippen LogP contribution is -2.55. The van der Waals surface area contributed by atoms with Crippen LogP contribution in [0.25, 0.3) is 0 Å². The minimum atomic E-state index is -1.94. The highest BCUT2D eigenvalue weighted by Gasteiger charge is 2.40. The molecule has 0 aliphatic heterocycles. The van der Waals surface area contributed by atoms with Gasteiger partial charge < -0.3 is 13.4 Å². The smallest absolute Gasteiger partial charge is 0.334 e. The van der Waals surface area contributed by atoms with E-state index in [-0.39, 0.29) is 0 Å². The van der Waals surface area contributed by atoms with Crippen LogP contribution in [-0.2, 0) is 8.85 Å². The van der Waals surface area contributed by atoms with Crippen LogP contribution < -0.4 is 0 Å². The Labute approximate surface area is 154 Å². The van der Waals surface area contributed by atoms with E-state index in [1.54, 1.807) is 0 Å². The highest BCUT2D eigenvalue weighted by Crippen LogP contribution is 2.38. The molecule has 0 saturated heterocycles. The summed E-state index contributed by atoms with van der Waals surface area (Å²) in [6, 6.07) is 1.12. The molecular weight excluding hydrogens is 330 g/mol. The van der Waals surface area contributed by atoms with Crippen molar-refractivity contribution in [1.82, 2.24) is 4.57 Å². The van der Waals surface area contributed by atoms with Gasteiger partial charge in [0.1, 0.15) is 8.24 Å². The van der Waals surface area contributed by atoms with Gasteiger partial charge in [-0.05, 0) is 57.4 Å². The van der Waals surface area contributed by atoms with Gasteiger partial charge in [0.2, 0.25) is 0 Å². The van der Waals surface area contributed by atoms with Gasteiger partial charge in [0.15, 0.2) is 0 Å².